The van der Waals surface area contributed by atoms with Gasteiger partial charge in [-0.05, 0) is 12.3 Å². The Morgan fingerprint density at radius 1 is 1.27 bits per heavy atom. The van der Waals surface area contributed by atoms with Crippen LogP contribution in [0.5, 0.6) is 0 Å². The summed E-state index contributed by atoms with van der Waals surface area (Å²) in [5, 5.41) is 17.7. The first-order valence-electron chi connectivity index (χ1n) is 4.21. The van der Waals surface area contributed by atoms with E-state index in [1.54, 1.807) is 0 Å². The molecule has 1 rings (SSSR count). The van der Waals surface area contributed by atoms with E-state index in [0.29, 0.717) is 5.92 Å². The smallest absolute Gasteiger partial charge is 0.0633 e. The molecule has 0 bridgehead atoms. The van der Waals surface area contributed by atoms with Crippen LogP contribution in [0.25, 0.3) is 0 Å². The quantitative estimate of drug-likeness (QED) is 0.535. The zero-order valence-electron chi connectivity index (χ0n) is 6.79. The molecule has 66 valence electrons. The minimum absolute atomic E-state index is 0.111. The molecular formula is C8H17NO2. The van der Waals surface area contributed by atoms with Crippen LogP contribution in [0.15, 0.2) is 0 Å². The van der Waals surface area contributed by atoms with E-state index >= 15 is 0 Å². The lowest BCUT2D eigenvalue weighted by molar-refractivity contribution is 0.0858. The van der Waals surface area contributed by atoms with E-state index in [-0.39, 0.29) is 13.2 Å². The third kappa shape index (κ3) is 2.15. The molecule has 1 saturated carbocycles. The number of nitrogens with two attached hydrogens (primary N) is 1. The molecule has 3 nitrogen and oxygen atoms in total. The molecule has 0 radical (unpaired) electrons. The van der Waals surface area contributed by atoms with Gasteiger partial charge in [-0.2, -0.15) is 0 Å². The van der Waals surface area contributed by atoms with Crippen molar-refractivity contribution in [1.82, 2.24) is 0 Å². The van der Waals surface area contributed by atoms with Gasteiger partial charge < -0.3 is 15.9 Å². The number of hydrogen-bond acceptors (Lipinski definition) is 3. The third-order valence-corrected chi connectivity index (χ3v) is 2.55. The molecule has 0 saturated heterocycles. The Kier molecular flexibility index (Phi) is 2.87. The van der Waals surface area contributed by atoms with Crippen molar-refractivity contribution in [3.8, 4) is 0 Å². The Hall–Kier alpha value is -0.120. The Labute approximate surface area is 67.2 Å². The van der Waals surface area contributed by atoms with E-state index in [0.717, 1.165) is 6.42 Å². The molecule has 1 aliphatic rings. The highest BCUT2D eigenvalue weighted by atomic mass is 16.3. The molecule has 0 amide bonds. The lowest BCUT2D eigenvalue weighted by Crippen LogP contribution is -2.49. The molecule has 0 spiro atoms. The van der Waals surface area contributed by atoms with Gasteiger partial charge in [0.1, 0.15) is 0 Å². The summed E-state index contributed by atoms with van der Waals surface area (Å²) < 4.78 is 0. The minimum Gasteiger partial charge on any atom is -0.394 e. The normalized spacial score (nSPS) is 19.9. The van der Waals surface area contributed by atoms with Crippen molar-refractivity contribution in [2.75, 3.05) is 13.2 Å². The maximum atomic E-state index is 8.87. The monoisotopic (exact) mass is 159 g/mol. The summed E-state index contributed by atoms with van der Waals surface area (Å²) in [6.45, 7) is -0.222. The fourth-order valence-corrected chi connectivity index (χ4v) is 1.45. The number of hydrogen-bond donors (Lipinski definition) is 3. The zero-order valence-corrected chi connectivity index (χ0v) is 6.79. The molecule has 1 fully saturated rings. The van der Waals surface area contributed by atoms with Crippen LogP contribution in [0.1, 0.15) is 25.7 Å². The van der Waals surface area contributed by atoms with Crippen molar-refractivity contribution >= 4 is 0 Å². The van der Waals surface area contributed by atoms with Gasteiger partial charge >= 0.3 is 0 Å². The Balaban J connectivity index is 2.29. The molecule has 0 aromatic carbocycles. The van der Waals surface area contributed by atoms with Crippen LogP contribution in [0.3, 0.4) is 0 Å². The molecule has 0 atom stereocenters. The molecule has 11 heavy (non-hydrogen) atoms. The highest BCUT2D eigenvalue weighted by molar-refractivity contribution is 4.87. The molecule has 4 N–H and O–H groups in total. The average Bonchev–Trinajstić information content (AvgIpc) is 1.97. The summed E-state index contributed by atoms with van der Waals surface area (Å²) >= 11 is 0. The van der Waals surface area contributed by atoms with Crippen molar-refractivity contribution in [1.29, 1.82) is 0 Å². The molecule has 0 aliphatic heterocycles. The van der Waals surface area contributed by atoms with Crippen LogP contribution in [0.2, 0.25) is 0 Å². The topological polar surface area (TPSA) is 66.5 Å². The maximum Gasteiger partial charge on any atom is 0.0633 e. The van der Waals surface area contributed by atoms with Gasteiger partial charge in [0, 0.05) is 0 Å². The van der Waals surface area contributed by atoms with E-state index in [2.05, 4.69) is 0 Å². The summed E-state index contributed by atoms with van der Waals surface area (Å²) in [5.41, 5.74) is 4.98. The molecule has 0 aromatic heterocycles. The summed E-state index contributed by atoms with van der Waals surface area (Å²) in [6.07, 6.45) is 4.45. The SMILES string of the molecule is NC(CO)(CO)CC1CCC1. The van der Waals surface area contributed by atoms with Crippen LogP contribution < -0.4 is 5.73 Å². The van der Waals surface area contributed by atoms with E-state index in [1.807, 2.05) is 0 Å². The Morgan fingerprint density at radius 3 is 2.09 bits per heavy atom. The minimum atomic E-state index is -0.731. The van der Waals surface area contributed by atoms with Gasteiger partial charge in [0.25, 0.3) is 0 Å². The molecule has 0 unspecified atom stereocenters. The molecule has 0 aromatic rings. The first-order chi connectivity index (χ1) is 5.20. The van der Waals surface area contributed by atoms with Crippen LogP contribution >= 0.6 is 0 Å². The highest BCUT2D eigenvalue weighted by Gasteiger charge is 2.30. The van der Waals surface area contributed by atoms with Gasteiger partial charge in [0.05, 0.1) is 18.8 Å². The second kappa shape index (κ2) is 3.52. The maximum absolute atomic E-state index is 8.87. The van der Waals surface area contributed by atoms with Crippen molar-refractivity contribution in [2.45, 2.75) is 31.2 Å². The van der Waals surface area contributed by atoms with Gasteiger partial charge in [0.2, 0.25) is 0 Å². The van der Waals surface area contributed by atoms with E-state index in [4.69, 9.17) is 15.9 Å². The largest absolute Gasteiger partial charge is 0.394 e. The van der Waals surface area contributed by atoms with Crippen molar-refractivity contribution in [3.05, 3.63) is 0 Å². The van der Waals surface area contributed by atoms with Crippen molar-refractivity contribution < 1.29 is 10.2 Å². The van der Waals surface area contributed by atoms with Gasteiger partial charge in [-0.25, -0.2) is 0 Å². The van der Waals surface area contributed by atoms with Crippen molar-refractivity contribution in [2.24, 2.45) is 11.7 Å². The third-order valence-electron chi connectivity index (χ3n) is 2.55. The molecule has 1 aliphatic carbocycles. The molecule has 0 heterocycles. The van der Waals surface area contributed by atoms with Crippen LogP contribution in [0, 0.1) is 5.92 Å². The summed E-state index contributed by atoms with van der Waals surface area (Å²) in [5.74, 6) is 0.638. The highest BCUT2D eigenvalue weighted by Crippen LogP contribution is 2.32. The average molecular weight is 159 g/mol. The van der Waals surface area contributed by atoms with Crippen molar-refractivity contribution in [3.63, 3.8) is 0 Å². The fourth-order valence-electron chi connectivity index (χ4n) is 1.45. The lowest BCUT2D eigenvalue weighted by atomic mass is 9.77. The van der Waals surface area contributed by atoms with Crippen LogP contribution in [-0.2, 0) is 0 Å². The number of aliphatic hydroxyl groups is 2. The predicted octanol–water partition coefficient (Wildman–Crippen LogP) is -0.141. The van der Waals surface area contributed by atoms with Gasteiger partial charge in [-0.15, -0.1) is 0 Å². The molecule has 3 heteroatoms. The summed E-state index contributed by atoms with van der Waals surface area (Å²) in [6, 6.07) is 0. The van der Waals surface area contributed by atoms with Gasteiger partial charge in [0.15, 0.2) is 0 Å². The van der Waals surface area contributed by atoms with Gasteiger partial charge in [-0.3, -0.25) is 0 Å². The van der Waals surface area contributed by atoms with Crippen LogP contribution in [0.4, 0.5) is 0 Å². The van der Waals surface area contributed by atoms with E-state index in [9.17, 15) is 0 Å². The van der Waals surface area contributed by atoms with Crippen LogP contribution in [-0.4, -0.2) is 29.0 Å². The molecular weight excluding hydrogens is 142 g/mol. The first-order valence-corrected chi connectivity index (χ1v) is 4.21. The number of aliphatic hydroxyl groups excluding tert-OH is 2. The lowest BCUT2D eigenvalue weighted by Gasteiger charge is -2.34. The fraction of sp³-hybridized carbons (Fsp3) is 1.00. The summed E-state index contributed by atoms with van der Waals surface area (Å²) in [7, 11) is 0. The van der Waals surface area contributed by atoms with E-state index < -0.39 is 5.54 Å². The Morgan fingerprint density at radius 2 is 1.82 bits per heavy atom. The predicted molar refractivity (Wildman–Crippen MR) is 43.0 cm³/mol. The second-order valence-electron chi connectivity index (χ2n) is 3.68. The van der Waals surface area contributed by atoms with Gasteiger partial charge in [-0.1, -0.05) is 19.3 Å². The first kappa shape index (κ1) is 8.97. The summed E-state index contributed by atoms with van der Waals surface area (Å²) in [4.78, 5) is 0. The standard InChI is InChI=1S/C8H17NO2/c9-8(5-10,6-11)4-7-2-1-3-7/h7,10-11H,1-6,9H2. The van der Waals surface area contributed by atoms with E-state index in [1.165, 1.54) is 19.3 Å². The zero-order chi connectivity index (χ0) is 8.32. The second-order valence-corrected chi connectivity index (χ2v) is 3.68. The number of rotatable bonds is 4. The Bertz CT molecular complexity index is 119.